The number of aliphatic carboxylic acids is 3. The molecule has 0 aromatic heterocycles. The zero-order chi connectivity index (χ0) is 27.6. The summed E-state index contributed by atoms with van der Waals surface area (Å²) >= 11 is 0. The maximum absolute atomic E-state index is 11.1. The van der Waals surface area contributed by atoms with Crippen LogP contribution in [0.15, 0.2) is 12.2 Å². The Kier molecular flexibility index (Phi) is 23.2. The molecular formula is C30H56NO6+. The Morgan fingerprint density at radius 2 is 0.811 bits per heavy atom. The summed E-state index contributed by atoms with van der Waals surface area (Å²) in [6, 6.07) is 0. The van der Waals surface area contributed by atoms with Crippen molar-refractivity contribution in [2.45, 2.75) is 135 Å². The second kappa shape index (κ2) is 24.4. The minimum absolute atomic E-state index is 0.0732. The van der Waals surface area contributed by atoms with Gasteiger partial charge >= 0.3 is 17.9 Å². The standard InChI is InChI=1S/C30H55NO6/c1-2-3-4-5-6-7-8-9-10-11-12-13-14-15-16-17-18-19-20-24-31(25-21-28(32)33,26-22-29(34)35)27-23-30(36)37/h3-4H,2,5-27H2,1H3,(H2-,32,33,34,35,36,37)/p+1/b4-3+. The molecule has 0 aromatic carbocycles. The molecule has 0 aliphatic carbocycles. The van der Waals surface area contributed by atoms with Gasteiger partial charge in [0.1, 0.15) is 0 Å². The molecule has 0 atom stereocenters. The van der Waals surface area contributed by atoms with Gasteiger partial charge in [0.05, 0.1) is 45.4 Å². The van der Waals surface area contributed by atoms with Crippen LogP contribution >= 0.6 is 0 Å². The van der Waals surface area contributed by atoms with Crippen LogP contribution in [0.2, 0.25) is 0 Å². The molecule has 0 saturated carbocycles. The number of carbonyl (C=O) groups is 3. The third-order valence-electron chi connectivity index (χ3n) is 7.31. The number of hydrogen-bond donors (Lipinski definition) is 3. The van der Waals surface area contributed by atoms with Crippen molar-refractivity contribution in [1.82, 2.24) is 0 Å². The Morgan fingerprint density at radius 3 is 1.14 bits per heavy atom. The fourth-order valence-electron chi connectivity index (χ4n) is 4.96. The number of hydrogen-bond acceptors (Lipinski definition) is 3. The number of quaternary nitrogens is 1. The van der Waals surface area contributed by atoms with Crippen LogP contribution in [0.4, 0.5) is 0 Å². The summed E-state index contributed by atoms with van der Waals surface area (Å²) in [7, 11) is 0. The average molecular weight is 527 g/mol. The Bertz CT molecular complexity index is 574. The first kappa shape index (κ1) is 35.1. The first-order valence-corrected chi connectivity index (χ1v) is 15.0. The third kappa shape index (κ3) is 24.2. The fourth-order valence-corrected chi connectivity index (χ4v) is 4.96. The van der Waals surface area contributed by atoms with Crippen molar-refractivity contribution in [3.8, 4) is 0 Å². The number of rotatable bonds is 28. The van der Waals surface area contributed by atoms with E-state index in [1.54, 1.807) is 0 Å². The van der Waals surface area contributed by atoms with Crippen LogP contribution in [-0.2, 0) is 14.4 Å². The lowest BCUT2D eigenvalue weighted by Crippen LogP contribution is -2.52. The second-order valence-electron chi connectivity index (χ2n) is 10.6. The van der Waals surface area contributed by atoms with E-state index in [9.17, 15) is 14.4 Å². The summed E-state index contributed by atoms with van der Waals surface area (Å²) in [5.74, 6) is -2.79. The Morgan fingerprint density at radius 1 is 0.486 bits per heavy atom. The number of carboxylic acids is 3. The van der Waals surface area contributed by atoms with Gasteiger partial charge in [0.2, 0.25) is 0 Å². The van der Waals surface area contributed by atoms with E-state index in [1.165, 1.54) is 83.5 Å². The van der Waals surface area contributed by atoms with Crippen LogP contribution in [0.5, 0.6) is 0 Å². The van der Waals surface area contributed by atoms with Gasteiger partial charge in [0.25, 0.3) is 0 Å². The van der Waals surface area contributed by atoms with Gasteiger partial charge in [-0.3, -0.25) is 14.4 Å². The zero-order valence-corrected chi connectivity index (χ0v) is 23.6. The molecule has 0 spiro atoms. The summed E-state index contributed by atoms with van der Waals surface area (Å²) < 4.78 is 0.265. The molecule has 7 heteroatoms. The van der Waals surface area contributed by atoms with Crippen molar-refractivity contribution in [3.05, 3.63) is 12.2 Å². The number of allylic oxidation sites excluding steroid dienone is 2. The van der Waals surface area contributed by atoms with Crippen LogP contribution < -0.4 is 0 Å². The molecule has 0 fully saturated rings. The predicted molar refractivity (Wildman–Crippen MR) is 150 cm³/mol. The van der Waals surface area contributed by atoms with E-state index < -0.39 is 17.9 Å². The van der Waals surface area contributed by atoms with Gasteiger partial charge in [-0.1, -0.05) is 96.1 Å². The van der Waals surface area contributed by atoms with Crippen molar-refractivity contribution < 1.29 is 34.2 Å². The molecule has 0 aliphatic heterocycles. The summed E-state index contributed by atoms with van der Waals surface area (Å²) in [6.07, 6.45) is 25.6. The molecule has 0 rings (SSSR count). The van der Waals surface area contributed by atoms with E-state index in [-0.39, 0.29) is 43.4 Å². The molecule has 0 amide bonds. The van der Waals surface area contributed by atoms with Gasteiger partial charge in [0, 0.05) is 0 Å². The molecule has 37 heavy (non-hydrogen) atoms. The molecule has 0 bridgehead atoms. The fraction of sp³-hybridized carbons (Fsp3) is 0.833. The highest BCUT2D eigenvalue weighted by Gasteiger charge is 2.29. The van der Waals surface area contributed by atoms with Gasteiger partial charge in [-0.2, -0.15) is 0 Å². The lowest BCUT2D eigenvalue weighted by molar-refractivity contribution is -0.927. The Balaban J connectivity index is 3.91. The number of nitrogens with zero attached hydrogens (tertiary/aromatic N) is 1. The van der Waals surface area contributed by atoms with Gasteiger partial charge in [-0.15, -0.1) is 0 Å². The predicted octanol–water partition coefficient (Wildman–Crippen LogP) is 7.44. The van der Waals surface area contributed by atoms with Crippen LogP contribution in [0, 0.1) is 0 Å². The third-order valence-corrected chi connectivity index (χ3v) is 7.31. The minimum Gasteiger partial charge on any atom is -0.481 e. The molecule has 0 aliphatic rings. The van der Waals surface area contributed by atoms with E-state index in [4.69, 9.17) is 15.3 Å². The lowest BCUT2D eigenvalue weighted by Gasteiger charge is -2.38. The van der Waals surface area contributed by atoms with Gasteiger partial charge in [0.15, 0.2) is 0 Å². The SMILES string of the molecule is CC/C=C/CCCCCCCCCCCCCCCCC[N+](CCC(=O)O)(CCC(=O)O)CCC(=O)O. The molecule has 0 saturated heterocycles. The Hall–Kier alpha value is -1.89. The highest BCUT2D eigenvalue weighted by molar-refractivity contribution is 5.67. The molecule has 216 valence electrons. The number of carboxylic acid groups (broad SMARTS) is 3. The van der Waals surface area contributed by atoms with Crippen molar-refractivity contribution in [2.75, 3.05) is 26.2 Å². The van der Waals surface area contributed by atoms with Gasteiger partial charge in [-0.25, -0.2) is 0 Å². The van der Waals surface area contributed by atoms with Crippen molar-refractivity contribution in [1.29, 1.82) is 0 Å². The van der Waals surface area contributed by atoms with Gasteiger partial charge < -0.3 is 19.8 Å². The normalized spacial score (nSPS) is 11.8. The maximum Gasteiger partial charge on any atom is 0.309 e. The Labute approximate surface area is 225 Å². The van der Waals surface area contributed by atoms with E-state index in [0.29, 0.717) is 6.54 Å². The monoisotopic (exact) mass is 526 g/mol. The van der Waals surface area contributed by atoms with Crippen LogP contribution in [0.3, 0.4) is 0 Å². The lowest BCUT2D eigenvalue weighted by atomic mass is 10.0. The van der Waals surface area contributed by atoms with Crippen LogP contribution in [0.25, 0.3) is 0 Å². The zero-order valence-electron chi connectivity index (χ0n) is 23.6. The molecule has 0 aromatic rings. The highest BCUT2D eigenvalue weighted by atomic mass is 16.4. The van der Waals surface area contributed by atoms with E-state index in [2.05, 4.69) is 19.1 Å². The van der Waals surface area contributed by atoms with E-state index in [1.807, 2.05) is 0 Å². The van der Waals surface area contributed by atoms with Crippen molar-refractivity contribution in [2.24, 2.45) is 0 Å². The minimum atomic E-state index is -0.931. The summed E-state index contributed by atoms with van der Waals surface area (Å²) in [5, 5.41) is 27.4. The molecule has 7 nitrogen and oxygen atoms in total. The maximum atomic E-state index is 11.1. The van der Waals surface area contributed by atoms with E-state index >= 15 is 0 Å². The quantitative estimate of drug-likeness (QED) is 0.0555. The van der Waals surface area contributed by atoms with Crippen LogP contribution in [-0.4, -0.2) is 63.9 Å². The molecule has 0 radical (unpaired) electrons. The molecule has 0 heterocycles. The summed E-state index contributed by atoms with van der Waals surface area (Å²) in [5.41, 5.74) is 0. The second-order valence-corrected chi connectivity index (χ2v) is 10.6. The van der Waals surface area contributed by atoms with E-state index in [0.717, 1.165) is 25.7 Å². The molecule has 0 unspecified atom stereocenters. The summed E-state index contributed by atoms with van der Waals surface area (Å²) in [4.78, 5) is 33.4. The highest BCUT2D eigenvalue weighted by Crippen LogP contribution is 2.17. The summed E-state index contributed by atoms with van der Waals surface area (Å²) in [6.45, 7) is 3.68. The topological polar surface area (TPSA) is 112 Å². The number of unbranched alkanes of at least 4 members (excludes halogenated alkanes) is 15. The van der Waals surface area contributed by atoms with Crippen molar-refractivity contribution >= 4 is 17.9 Å². The average Bonchev–Trinajstić information content (AvgIpc) is 2.85. The largest absolute Gasteiger partial charge is 0.481 e. The first-order valence-electron chi connectivity index (χ1n) is 15.0. The van der Waals surface area contributed by atoms with Crippen LogP contribution in [0.1, 0.15) is 135 Å². The first-order chi connectivity index (χ1) is 17.8. The van der Waals surface area contributed by atoms with Gasteiger partial charge in [-0.05, 0) is 32.1 Å². The molecule has 3 N–H and O–H groups in total. The molecular weight excluding hydrogens is 470 g/mol. The van der Waals surface area contributed by atoms with Crippen molar-refractivity contribution in [3.63, 3.8) is 0 Å². The smallest absolute Gasteiger partial charge is 0.309 e.